The lowest BCUT2D eigenvalue weighted by atomic mass is 9.92. The molecular formula is C26H38N4O. The van der Waals surface area contributed by atoms with Gasteiger partial charge in [-0.15, -0.1) is 0 Å². The molecule has 0 aliphatic carbocycles. The van der Waals surface area contributed by atoms with Gasteiger partial charge in [0.25, 0.3) is 5.91 Å². The Bertz CT molecular complexity index is 876. The maximum absolute atomic E-state index is 13.1. The minimum Gasteiger partial charge on any atom is -0.351 e. The molecule has 0 radical (unpaired) electrons. The van der Waals surface area contributed by atoms with Crippen molar-refractivity contribution in [2.75, 3.05) is 26.2 Å². The molecular weight excluding hydrogens is 384 g/mol. The molecule has 0 unspecified atom stereocenters. The number of hydrogen-bond donors (Lipinski definition) is 1. The lowest BCUT2D eigenvalue weighted by molar-refractivity contribution is 0.0941. The number of aromatic nitrogens is 2. The summed E-state index contributed by atoms with van der Waals surface area (Å²) in [5.74, 6) is 2.49. The van der Waals surface area contributed by atoms with E-state index in [0.717, 1.165) is 67.7 Å². The first-order valence-corrected chi connectivity index (χ1v) is 12.2. The summed E-state index contributed by atoms with van der Waals surface area (Å²) < 4.78 is 2.29. The third-order valence-corrected chi connectivity index (χ3v) is 6.77. The lowest BCUT2D eigenvalue weighted by Crippen LogP contribution is -2.40. The van der Waals surface area contributed by atoms with Gasteiger partial charge >= 0.3 is 0 Å². The quantitative estimate of drug-likeness (QED) is 0.688. The summed E-state index contributed by atoms with van der Waals surface area (Å²) in [4.78, 5) is 20.5. The fourth-order valence-electron chi connectivity index (χ4n) is 5.39. The number of piperidine rings is 1. The Hall–Kier alpha value is -2.14. The molecule has 2 aliphatic rings. The number of imidazole rings is 1. The first-order chi connectivity index (χ1) is 15.0. The molecule has 1 saturated heterocycles. The Balaban J connectivity index is 1.42. The number of nitrogens with one attached hydrogen (secondary N) is 1. The van der Waals surface area contributed by atoms with Gasteiger partial charge in [-0.3, -0.25) is 4.79 Å². The van der Waals surface area contributed by atoms with E-state index in [2.05, 4.69) is 59.8 Å². The highest BCUT2D eigenvalue weighted by Crippen LogP contribution is 2.27. The summed E-state index contributed by atoms with van der Waals surface area (Å²) in [6.07, 6.45) is 6.75. The largest absolute Gasteiger partial charge is 0.351 e. The van der Waals surface area contributed by atoms with Crippen LogP contribution in [0.25, 0.3) is 11.4 Å². The molecule has 0 spiro atoms. The highest BCUT2D eigenvalue weighted by Gasteiger charge is 2.24. The number of aryl methyl sites for hydroxylation is 1. The minimum absolute atomic E-state index is 0.00982. The Kier molecular flexibility index (Phi) is 7.11. The Morgan fingerprint density at radius 3 is 2.58 bits per heavy atom. The number of carbonyl (C=O) groups excluding carboxylic acids is 1. The standard InChI is InChI=1S/C26H38N4O/c1-19-9-11-22(12-10-19)25-28-24(23-8-5-4-6-15-30(23)25)26(31)27-13-7-14-29-17-20(2)16-21(3)18-29/h9-12,20-21H,4-8,13-18H2,1-3H3,(H,27,31)/t20-,21-/m0/s1. The average Bonchev–Trinajstić information content (AvgIpc) is 2.92. The van der Waals surface area contributed by atoms with Gasteiger partial charge in [-0.25, -0.2) is 4.98 Å². The molecule has 4 rings (SSSR count). The van der Waals surface area contributed by atoms with E-state index in [4.69, 9.17) is 4.98 Å². The van der Waals surface area contributed by atoms with E-state index < -0.39 is 0 Å². The van der Waals surface area contributed by atoms with E-state index in [1.807, 2.05) is 0 Å². The number of fused-ring (bicyclic) bond motifs is 1. The number of hydrogen-bond acceptors (Lipinski definition) is 3. The van der Waals surface area contributed by atoms with Crippen molar-refractivity contribution in [2.45, 2.75) is 65.8 Å². The SMILES string of the molecule is Cc1ccc(-c2nc(C(=O)NCCCN3C[C@@H](C)C[C@H](C)C3)c3n2CCCCC3)cc1. The van der Waals surface area contributed by atoms with Crippen LogP contribution in [0.1, 0.15) is 67.7 Å². The summed E-state index contributed by atoms with van der Waals surface area (Å²) in [6, 6.07) is 8.49. The van der Waals surface area contributed by atoms with Crippen LogP contribution in [-0.4, -0.2) is 46.5 Å². The topological polar surface area (TPSA) is 50.2 Å². The van der Waals surface area contributed by atoms with Crippen molar-refractivity contribution in [3.63, 3.8) is 0 Å². The van der Waals surface area contributed by atoms with Crippen molar-refractivity contribution in [1.29, 1.82) is 0 Å². The summed E-state index contributed by atoms with van der Waals surface area (Å²) in [7, 11) is 0. The smallest absolute Gasteiger partial charge is 0.271 e. The molecule has 1 aromatic heterocycles. The molecule has 2 aromatic rings. The van der Waals surface area contributed by atoms with Crippen molar-refractivity contribution in [3.05, 3.63) is 41.2 Å². The highest BCUT2D eigenvalue weighted by molar-refractivity contribution is 5.94. The zero-order valence-corrected chi connectivity index (χ0v) is 19.5. The van der Waals surface area contributed by atoms with Crippen molar-refractivity contribution >= 4 is 5.91 Å². The van der Waals surface area contributed by atoms with Crippen LogP contribution in [0.15, 0.2) is 24.3 Å². The fraction of sp³-hybridized carbons (Fsp3) is 0.615. The van der Waals surface area contributed by atoms with Crippen LogP contribution >= 0.6 is 0 Å². The predicted octanol–water partition coefficient (Wildman–Crippen LogP) is 4.68. The average molecular weight is 423 g/mol. The van der Waals surface area contributed by atoms with Gasteiger partial charge in [0.2, 0.25) is 0 Å². The van der Waals surface area contributed by atoms with Gasteiger partial charge in [0.1, 0.15) is 11.5 Å². The van der Waals surface area contributed by atoms with E-state index >= 15 is 0 Å². The molecule has 31 heavy (non-hydrogen) atoms. The Morgan fingerprint density at radius 2 is 1.84 bits per heavy atom. The molecule has 168 valence electrons. The van der Waals surface area contributed by atoms with E-state index in [1.165, 1.54) is 31.5 Å². The lowest BCUT2D eigenvalue weighted by Gasteiger charge is -2.34. The Morgan fingerprint density at radius 1 is 1.10 bits per heavy atom. The zero-order chi connectivity index (χ0) is 21.8. The zero-order valence-electron chi connectivity index (χ0n) is 19.5. The molecule has 1 fully saturated rings. The van der Waals surface area contributed by atoms with Crippen LogP contribution in [0.3, 0.4) is 0 Å². The first kappa shape index (κ1) is 22.1. The number of likely N-dealkylation sites (tertiary alicyclic amines) is 1. The van der Waals surface area contributed by atoms with Crippen LogP contribution in [0, 0.1) is 18.8 Å². The van der Waals surface area contributed by atoms with Crippen LogP contribution in [0.5, 0.6) is 0 Å². The highest BCUT2D eigenvalue weighted by atomic mass is 16.1. The molecule has 1 N–H and O–H groups in total. The van der Waals surface area contributed by atoms with Crippen LogP contribution in [-0.2, 0) is 13.0 Å². The number of benzene rings is 1. The molecule has 2 aliphatic heterocycles. The second-order valence-corrected chi connectivity index (χ2v) is 9.87. The number of amides is 1. The fourth-order valence-corrected chi connectivity index (χ4v) is 5.39. The molecule has 3 heterocycles. The van der Waals surface area contributed by atoms with Gasteiger partial charge in [0.15, 0.2) is 0 Å². The maximum Gasteiger partial charge on any atom is 0.271 e. The molecule has 0 bridgehead atoms. The summed E-state index contributed by atoms with van der Waals surface area (Å²) in [6.45, 7) is 11.9. The van der Waals surface area contributed by atoms with Gasteiger partial charge in [0, 0.05) is 31.7 Å². The molecule has 5 nitrogen and oxygen atoms in total. The minimum atomic E-state index is -0.00982. The monoisotopic (exact) mass is 422 g/mol. The van der Waals surface area contributed by atoms with E-state index in [-0.39, 0.29) is 5.91 Å². The number of nitrogens with zero attached hydrogens (tertiary/aromatic N) is 3. The number of carbonyl (C=O) groups is 1. The molecule has 1 aromatic carbocycles. The van der Waals surface area contributed by atoms with Crippen molar-refractivity contribution in [2.24, 2.45) is 11.8 Å². The van der Waals surface area contributed by atoms with Gasteiger partial charge < -0.3 is 14.8 Å². The second kappa shape index (κ2) is 9.99. The maximum atomic E-state index is 13.1. The third-order valence-electron chi connectivity index (χ3n) is 6.77. The summed E-state index contributed by atoms with van der Waals surface area (Å²) in [5, 5.41) is 3.16. The second-order valence-electron chi connectivity index (χ2n) is 9.87. The Labute approximate surface area is 187 Å². The number of rotatable bonds is 6. The summed E-state index contributed by atoms with van der Waals surface area (Å²) in [5.41, 5.74) is 4.09. The van der Waals surface area contributed by atoms with E-state index in [0.29, 0.717) is 12.2 Å². The van der Waals surface area contributed by atoms with E-state index in [9.17, 15) is 4.79 Å². The molecule has 5 heteroatoms. The van der Waals surface area contributed by atoms with Gasteiger partial charge in [0.05, 0.1) is 5.69 Å². The third kappa shape index (κ3) is 5.38. The normalized spacial score (nSPS) is 22.0. The molecule has 2 atom stereocenters. The molecule has 0 saturated carbocycles. The van der Waals surface area contributed by atoms with Crippen LogP contribution < -0.4 is 5.32 Å². The van der Waals surface area contributed by atoms with Gasteiger partial charge in [-0.1, -0.05) is 50.1 Å². The van der Waals surface area contributed by atoms with Crippen molar-refractivity contribution in [1.82, 2.24) is 19.8 Å². The van der Waals surface area contributed by atoms with Crippen molar-refractivity contribution < 1.29 is 4.79 Å². The molecule has 1 amide bonds. The first-order valence-electron chi connectivity index (χ1n) is 12.2. The predicted molar refractivity (Wildman–Crippen MR) is 126 cm³/mol. The van der Waals surface area contributed by atoms with Crippen LogP contribution in [0.2, 0.25) is 0 Å². The van der Waals surface area contributed by atoms with Gasteiger partial charge in [-0.2, -0.15) is 0 Å². The van der Waals surface area contributed by atoms with E-state index in [1.54, 1.807) is 0 Å². The van der Waals surface area contributed by atoms with Crippen molar-refractivity contribution in [3.8, 4) is 11.4 Å². The summed E-state index contributed by atoms with van der Waals surface area (Å²) >= 11 is 0. The van der Waals surface area contributed by atoms with Crippen LogP contribution in [0.4, 0.5) is 0 Å². The van der Waals surface area contributed by atoms with Gasteiger partial charge in [-0.05, 0) is 57.4 Å².